The molecule has 0 unspecified atom stereocenters. The number of carbonyl (C=O) groups excluding carboxylic acids is 2. The summed E-state index contributed by atoms with van der Waals surface area (Å²) in [6.45, 7) is 4.54. The van der Waals surface area contributed by atoms with Crippen molar-refractivity contribution >= 4 is 17.3 Å². The molecule has 0 atom stereocenters. The monoisotopic (exact) mass is 494 g/mol. The van der Waals surface area contributed by atoms with E-state index in [4.69, 9.17) is 19.0 Å². The number of aryl methyl sites for hydroxylation is 2. The van der Waals surface area contributed by atoms with Crippen molar-refractivity contribution in [2.75, 3.05) is 20.8 Å². The van der Waals surface area contributed by atoms with Crippen LogP contribution < -0.4 is 9.47 Å². The molecule has 2 aliphatic rings. The Morgan fingerprint density at radius 1 is 1.08 bits per heavy atom. The van der Waals surface area contributed by atoms with E-state index in [9.17, 15) is 14.7 Å². The third kappa shape index (κ3) is 5.53. The maximum atomic E-state index is 13.1. The van der Waals surface area contributed by atoms with Gasteiger partial charge >= 0.3 is 0 Å². The van der Waals surface area contributed by atoms with Crippen molar-refractivity contribution in [2.45, 2.75) is 65.2 Å². The van der Waals surface area contributed by atoms with E-state index in [-0.39, 0.29) is 29.2 Å². The maximum absolute atomic E-state index is 13.1. The van der Waals surface area contributed by atoms with E-state index in [1.165, 1.54) is 0 Å². The van der Waals surface area contributed by atoms with Gasteiger partial charge in [-0.15, -0.1) is 0 Å². The van der Waals surface area contributed by atoms with Crippen molar-refractivity contribution in [1.29, 1.82) is 0 Å². The first-order chi connectivity index (χ1) is 17.2. The number of allylic oxidation sites excluding steroid dienone is 2. The van der Waals surface area contributed by atoms with E-state index in [1.807, 2.05) is 32.0 Å². The summed E-state index contributed by atoms with van der Waals surface area (Å²) in [5, 5.41) is 15.1. The van der Waals surface area contributed by atoms with Gasteiger partial charge in [0.25, 0.3) is 0 Å². The summed E-state index contributed by atoms with van der Waals surface area (Å²) in [4.78, 5) is 30.2. The van der Waals surface area contributed by atoms with Crippen molar-refractivity contribution in [2.24, 2.45) is 10.4 Å². The van der Waals surface area contributed by atoms with Crippen LogP contribution in [0, 0.1) is 5.41 Å². The first-order valence-electron chi connectivity index (χ1n) is 12.4. The Labute approximate surface area is 211 Å². The normalized spacial score (nSPS) is 19.8. The summed E-state index contributed by atoms with van der Waals surface area (Å²) in [6, 6.07) is 5.74. The fraction of sp³-hybridized carbons (Fsp3) is 0.500. The number of Topliss-reactive ketones (excluding diaryl/α,β-unsaturated/α-hetero) is 2. The van der Waals surface area contributed by atoms with E-state index in [0.29, 0.717) is 84.9 Å². The number of nitrogens with zero attached hydrogens (tertiary/aromatic N) is 2. The second-order valence-corrected chi connectivity index (χ2v) is 10.2. The molecule has 2 aliphatic carbocycles. The number of aromatic nitrogens is 1. The predicted molar refractivity (Wildman–Crippen MR) is 135 cm³/mol. The highest BCUT2D eigenvalue weighted by Crippen LogP contribution is 2.36. The SMILES string of the molecule is COc1ccc(CCN=C2CC(C)(C)CC(=O)C2=C(O)CCc2noc3c2C(=O)CCC3)cc1OC. The lowest BCUT2D eigenvalue weighted by molar-refractivity contribution is -0.117. The molecule has 2 aromatic rings. The van der Waals surface area contributed by atoms with Crippen LogP contribution in [0.3, 0.4) is 0 Å². The van der Waals surface area contributed by atoms with Crippen molar-refractivity contribution < 1.29 is 28.7 Å². The second-order valence-electron chi connectivity index (χ2n) is 10.2. The third-order valence-corrected chi connectivity index (χ3v) is 6.81. The van der Waals surface area contributed by atoms with Crippen LogP contribution in [0.2, 0.25) is 0 Å². The Kier molecular flexibility index (Phi) is 7.62. The molecule has 0 saturated heterocycles. The number of fused-ring (bicyclic) bond motifs is 1. The Bertz CT molecular complexity index is 1220. The predicted octanol–water partition coefficient (Wildman–Crippen LogP) is 5.03. The van der Waals surface area contributed by atoms with Crippen LogP contribution >= 0.6 is 0 Å². The number of hydrogen-bond acceptors (Lipinski definition) is 8. The first-order valence-corrected chi connectivity index (χ1v) is 12.4. The van der Waals surface area contributed by atoms with Gasteiger partial charge in [0.2, 0.25) is 0 Å². The number of methoxy groups -OCH3 is 2. The Balaban J connectivity index is 1.53. The lowest BCUT2D eigenvalue weighted by Gasteiger charge is -2.31. The van der Waals surface area contributed by atoms with Crippen LogP contribution in [0.1, 0.15) is 73.3 Å². The molecular weight excluding hydrogens is 460 g/mol. The summed E-state index contributed by atoms with van der Waals surface area (Å²) in [5.74, 6) is 1.88. The Morgan fingerprint density at radius 3 is 2.61 bits per heavy atom. The minimum atomic E-state index is -0.235. The van der Waals surface area contributed by atoms with Crippen LogP contribution in [0.15, 0.2) is 39.0 Å². The second kappa shape index (κ2) is 10.7. The van der Waals surface area contributed by atoms with Crippen LogP contribution in [0.25, 0.3) is 0 Å². The topological polar surface area (TPSA) is 111 Å². The number of hydrogen-bond donors (Lipinski definition) is 1. The Morgan fingerprint density at radius 2 is 1.86 bits per heavy atom. The number of aliphatic hydroxyl groups is 1. The number of ether oxygens (including phenoxy) is 2. The summed E-state index contributed by atoms with van der Waals surface area (Å²) < 4.78 is 16.0. The van der Waals surface area contributed by atoms with Crippen LogP contribution in [0.5, 0.6) is 11.5 Å². The molecule has 4 rings (SSSR count). The lowest BCUT2D eigenvalue weighted by Crippen LogP contribution is -2.33. The zero-order valence-corrected chi connectivity index (χ0v) is 21.5. The van der Waals surface area contributed by atoms with Crippen molar-refractivity contribution in [1.82, 2.24) is 5.16 Å². The highest BCUT2D eigenvalue weighted by atomic mass is 16.5. The minimum absolute atomic E-state index is 0.000347. The summed E-state index contributed by atoms with van der Waals surface area (Å²) in [7, 11) is 3.20. The molecule has 8 nitrogen and oxygen atoms in total. The van der Waals surface area contributed by atoms with Crippen molar-refractivity contribution in [3.05, 3.63) is 52.1 Å². The number of aliphatic hydroxyl groups excluding tert-OH is 1. The standard InChI is InChI=1S/C28H34N2O6/c1-28(2)15-19(29-13-12-17-8-11-23(34-3)25(14-17)35-4)26(22(33)16-28)21(32)10-9-18-27-20(31)6-5-7-24(27)36-30-18/h8,11,14,32H,5-7,9-10,12-13,15-16H2,1-4H3. The fourth-order valence-electron chi connectivity index (χ4n) is 5.02. The molecule has 0 spiro atoms. The van der Waals surface area contributed by atoms with Gasteiger partial charge in [0.15, 0.2) is 23.1 Å². The Hall–Kier alpha value is -3.42. The third-order valence-electron chi connectivity index (χ3n) is 6.81. The van der Waals surface area contributed by atoms with E-state index in [1.54, 1.807) is 14.2 Å². The van der Waals surface area contributed by atoms with E-state index >= 15 is 0 Å². The van der Waals surface area contributed by atoms with Gasteiger partial charge in [0, 0.05) is 44.4 Å². The molecule has 1 N–H and O–H groups in total. The highest BCUT2D eigenvalue weighted by molar-refractivity contribution is 6.24. The average Bonchev–Trinajstić information content (AvgIpc) is 3.26. The molecular formula is C28H34N2O6. The summed E-state index contributed by atoms with van der Waals surface area (Å²) >= 11 is 0. The van der Waals surface area contributed by atoms with Gasteiger partial charge in [-0.3, -0.25) is 14.6 Å². The molecule has 1 aromatic heterocycles. The quantitative estimate of drug-likeness (QED) is 0.405. The van der Waals surface area contributed by atoms with E-state index < -0.39 is 0 Å². The molecule has 0 aliphatic heterocycles. The molecule has 1 heterocycles. The highest BCUT2D eigenvalue weighted by Gasteiger charge is 2.36. The summed E-state index contributed by atoms with van der Waals surface area (Å²) in [6.07, 6.45) is 4.08. The molecule has 1 fully saturated rings. The molecule has 1 aromatic carbocycles. The van der Waals surface area contributed by atoms with Gasteiger partial charge in [-0.05, 0) is 42.4 Å². The largest absolute Gasteiger partial charge is 0.511 e. The number of rotatable bonds is 8. The zero-order chi connectivity index (χ0) is 25.9. The molecule has 192 valence electrons. The van der Waals surface area contributed by atoms with Crippen molar-refractivity contribution in [3.8, 4) is 11.5 Å². The fourth-order valence-corrected chi connectivity index (χ4v) is 5.02. The number of carbonyl (C=O) groups is 2. The molecule has 1 saturated carbocycles. The van der Waals surface area contributed by atoms with Gasteiger partial charge in [-0.1, -0.05) is 25.1 Å². The first kappa shape index (κ1) is 25.7. The molecule has 0 radical (unpaired) electrons. The van der Waals surface area contributed by atoms with Crippen LogP contribution in [-0.4, -0.2) is 48.3 Å². The smallest absolute Gasteiger partial charge is 0.168 e. The average molecular weight is 495 g/mol. The lowest BCUT2D eigenvalue weighted by atomic mass is 9.73. The molecule has 0 amide bonds. The number of aliphatic imine (C=N–C) groups is 1. The van der Waals surface area contributed by atoms with Crippen LogP contribution in [-0.2, 0) is 24.1 Å². The van der Waals surface area contributed by atoms with Crippen molar-refractivity contribution in [3.63, 3.8) is 0 Å². The maximum Gasteiger partial charge on any atom is 0.168 e. The van der Waals surface area contributed by atoms with Gasteiger partial charge < -0.3 is 19.1 Å². The minimum Gasteiger partial charge on any atom is -0.511 e. The van der Waals surface area contributed by atoms with Gasteiger partial charge in [-0.2, -0.15) is 0 Å². The van der Waals surface area contributed by atoms with Crippen LogP contribution in [0.4, 0.5) is 0 Å². The van der Waals surface area contributed by atoms with Gasteiger partial charge in [-0.25, -0.2) is 0 Å². The van der Waals surface area contributed by atoms with E-state index in [2.05, 4.69) is 5.16 Å². The number of benzene rings is 1. The zero-order valence-electron chi connectivity index (χ0n) is 21.5. The summed E-state index contributed by atoms with van der Waals surface area (Å²) in [5.41, 5.74) is 2.85. The molecule has 8 heteroatoms. The van der Waals surface area contributed by atoms with Gasteiger partial charge in [0.05, 0.1) is 31.1 Å². The molecule has 0 bridgehead atoms. The molecule has 36 heavy (non-hydrogen) atoms. The number of ketones is 2. The van der Waals surface area contributed by atoms with Gasteiger partial charge in [0.1, 0.15) is 11.5 Å². The van der Waals surface area contributed by atoms with E-state index in [0.717, 1.165) is 12.0 Å².